The minimum absolute atomic E-state index is 0.00775. The molecule has 0 heterocycles. The highest BCUT2D eigenvalue weighted by atomic mass is 16.6. The van der Waals surface area contributed by atoms with Crippen LogP contribution in [0.15, 0.2) is 18.2 Å². The highest BCUT2D eigenvalue weighted by molar-refractivity contribution is 5.95. The zero-order valence-corrected chi connectivity index (χ0v) is 12.2. The lowest BCUT2D eigenvalue weighted by Gasteiger charge is -2.33. The van der Waals surface area contributed by atoms with Crippen LogP contribution in [0.3, 0.4) is 0 Å². The minimum Gasteiger partial charge on any atom is -0.350 e. The van der Waals surface area contributed by atoms with Gasteiger partial charge in [0.2, 0.25) is 0 Å². The number of hydrogen-bond donors (Lipinski definition) is 2. The van der Waals surface area contributed by atoms with Gasteiger partial charge in [0, 0.05) is 29.8 Å². The molecule has 0 unspecified atom stereocenters. The minimum atomic E-state index is -0.467. The average Bonchev–Trinajstić information content (AvgIpc) is 2.45. The quantitative estimate of drug-likeness (QED) is 0.656. The van der Waals surface area contributed by atoms with Crippen LogP contribution in [0.25, 0.3) is 0 Å². The first-order valence-corrected chi connectivity index (χ1v) is 7.23. The third kappa shape index (κ3) is 3.78. The summed E-state index contributed by atoms with van der Waals surface area (Å²) in [5.74, 6) is -0.224. The predicted molar refractivity (Wildman–Crippen MR) is 80.2 cm³/mol. The normalized spacial score (nSPS) is 17.2. The molecule has 1 aliphatic rings. The van der Waals surface area contributed by atoms with Crippen LogP contribution >= 0.6 is 0 Å². The van der Waals surface area contributed by atoms with E-state index in [2.05, 4.69) is 5.32 Å². The van der Waals surface area contributed by atoms with Crippen molar-refractivity contribution in [3.8, 4) is 0 Å². The van der Waals surface area contributed by atoms with Crippen molar-refractivity contribution in [2.75, 3.05) is 6.54 Å². The number of nitrogens with one attached hydrogen (secondary N) is 1. The molecule has 1 saturated carbocycles. The van der Waals surface area contributed by atoms with Crippen LogP contribution in [-0.2, 0) is 0 Å². The summed E-state index contributed by atoms with van der Waals surface area (Å²) in [7, 11) is 0. The van der Waals surface area contributed by atoms with Crippen molar-refractivity contribution in [1.82, 2.24) is 5.32 Å². The molecule has 21 heavy (non-hydrogen) atoms. The fourth-order valence-electron chi connectivity index (χ4n) is 2.80. The molecule has 0 saturated heterocycles. The first-order chi connectivity index (χ1) is 9.91. The second-order valence-electron chi connectivity index (χ2n) is 5.86. The Morgan fingerprint density at radius 2 is 2.05 bits per heavy atom. The number of nitro groups is 1. The van der Waals surface area contributed by atoms with Gasteiger partial charge < -0.3 is 11.1 Å². The number of amides is 1. The van der Waals surface area contributed by atoms with Crippen molar-refractivity contribution in [2.45, 2.75) is 44.6 Å². The highest BCUT2D eigenvalue weighted by Crippen LogP contribution is 2.25. The van der Waals surface area contributed by atoms with Gasteiger partial charge in [0.25, 0.3) is 11.6 Å². The third-order valence-corrected chi connectivity index (χ3v) is 4.12. The topological polar surface area (TPSA) is 98.3 Å². The summed E-state index contributed by atoms with van der Waals surface area (Å²) in [4.78, 5) is 22.4. The van der Waals surface area contributed by atoms with Crippen molar-refractivity contribution in [3.63, 3.8) is 0 Å². The smallest absolute Gasteiger partial charge is 0.269 e. The van der Waals surface area contributed by atoms with E-state index in [9.17, 15) is 14.9 Å². The predicted octanol–water partition coefficient (Wildman–Crippen LogP) is 2.29. The molecule has 0 spiro atoms. The summed E-state index contributed by atoms with van der Waals surface area (Å²) < 4.78 is 0. The molecule has 1 aliphatic carbocycles. The van der Waals surface area contributed by atoms with Crippen LogP contribution in [0.5, 0.6) is 0 Å². The largest absolute Gasteiger partial charge is 0.350 e. The summed E-state index contributed by atoms with van der Waals surface area (Å²) in [5, 5.41) is 13.6. The van der Waals surface area contributed by atoms with Crippen LogP contribution in [0.1, 0.15) is 48.0 Å². The van der Waals surface area contributed by atoms with Crippen LogP contribution in [0.2, 0.25) is 0 Å². The molecule has 0 radical (unpaired) electrons. The van der Waals surface area contributed by atoms with Gasteiger partial charge in [-0.15, -0.1) is 0 Å². The van der Waals surface area contributed by atoms with Crippen LogP contribution in [0.4, 0.5) is 5.69 Å². The lowest BCUT2D eigenvalue weighted by Crippen LogP contribution is -2.51. The fraction of sp³-hybridized carbons (Fsp3) is 0.533. The van der Waals surface area contributed by atoms with E-state index in [1.165, 1.54) is 24.6 Å². The molecule has 0 atom stereocenters. The molecular formula is C15H21N3O3. The highest BCUT2D eigenvalue weighted by Gasteiger charge is 2.28. The molecule has 114 valence electrons. The van der Waals surface area contributed by atoms with Crippen LogP contribution < -0.4 is 11.1 Å². The Morgan fingerprint density at radius 1 is 1.38 bits per heavy atom. The first kappa shape index (κ1) is 15.4. The summed E-state index contributed by atoms with van der Waals surface area (Å²) in [5.41, 5.74) is 7.01. The number of nitro benzene ring substituents is 1. The van der Waals surface area contributed by atoms with Crippen molar-refractivity contribution >= 4 is 11.6 Å². The average molecular weight is 291 g/mol. The molecule has 0 aliphatic heterocycles. The second-order valence-corrected chi connectivity index (χ2v) is 5.86. The molecule has 0 bridgehead atoms. The number of carbonyl (C=O) groups excluding carboxylic acids is 1. The summed E-state index contributed by atoms with van der Waals surface area (Å²) in [6, 6.07) is 4.25. The molecule has 0 aromatic heterocycles. The van der Waals surface area contributed by atoms with E-state index in [0.29, 0.717) is 17.7 Å². The van der Waals surface area contributed by atoms with Gasteiger partial charge in [0.1, 0.15) is 0 Å². The lowest BCUT2D eigenvalue weighted by atomic mass is 9.82. The van der Waals surface area contributed by atoms with E-state index in [1.807, 2.05) is 0 Å². The molecule has 1 amide bonds. The molecule has 3 N–H and O–H groups in total. The van der Waals surface area contributed by atoms with Gasteiger partial charge in [0.05, 0.1) is 4.92 Å². The van der Waals surface area contributed by atoms with E-state index in [0.717, 1.165) is 25.7 Å². The Kier molecular flexibility index (Phi) is 4.57. The summed E-state index contributed by atoms with van der Waals surface area (Å²) in [6.45, 7) is 2.14. The molecule has 1 aromatic carbocycles. The van der Waals surface area contributed by atoms with E-state index in [-0.39, 0.29) is 17.1 Å². The number of non-ortho nitro benzene ring substituents is 1. The summed E-state index contributed by atoms with van der Waals surface area (Å²) in [6.07, 6.45) is 5.25. The number of aryl methyl sites for hydroxylation is 1. The second kappa shape index (κ2) is 6.22. The van der Waals surface area contributed by atoms with Crippen molar-refractivity contribution in [3.05, 3.63) is 39.4 Å². The Hall–Kier alpha value is -1.95. The number of benzene rings is 1. The maximum atomic E-state index is 12.2. The van der Waals surface area contributed by atoms with Crippen molar-refractivity contribution in [2.24, 2.45) is 5.73 Å². The summed E-state index contributed by atoms with van der Waals surface area (Å²) >= 11 is 0. The maximum Gasteiger partial charge on any atom is 0.269 e. The molecule has 6 nitrogen and oxygen atoms in total. The zero-order valence-electron chi connectivity index (χ0n) is 12.2. The number of nitrogens with two attached hydrogens (primary N) is 1. The number of rotatable bonds is 4. The van der Waals surface area contributed by atoms with Gasteiger partial charge in [-0.1, -0.05) is 19.3 Å². The Morgan fingerprint density at radius 3 is 2.62 bits per heavy atom. The van der Waals surface area contributed by atoms with E-state index >= 15 is 0 Å². The van der Waals surface area contributed by atoms with E-state index in [4.69, 9.17) is 5.73 Å². The SMILES string of the molecule is Cc1cc([N+](=O)[O-])ccc1C(=O)NCC1(N)CCCCC1. The van der Waals surface area contributed by atoms with Crippen molar-refractivity contribution < 1.29 is 9.72 Å². The number of hydrogen-bond acceptors (Lipinski definition) is 4. The number of carbonyl (C=O) groups is 1. The molecule has 1 fully saturated rings. The van der Waals surface area contributed by atoms with Gasteiger partial charge in [-0.05, 0) is 31.4 Å². The fourth-order valence-corrected chi connectivity index (χ4v) is 2.80. The van der Waals surface area contributed by atoms with Gasteiger partial charge in [-0.25, -0.2) is 0 Å². The van der Waals surface area contributed by atoms with Gasteiger partial charge >= 0.3 is 0 Å². The molecule has 6 heteroatoms. The Bertz CT molecular complexity index is 551. The lowest BCUT2D eigenvalue weighted by molar-refractivity contribution is -0.384. The first-order valence-electron chi connectivity index (χ1n) is 7.23. The molecule has 2 rings (SSSR count). The van der Waals surface area contributed by atoms with Crippen molar-refractivity contribution in [1.29, 1.82) is 0 Å². The van der Waals surface area contributed by atoms with E-state index < -0.39 is 4.92 Å². The zero-order chi connectivity index (χ0) is 15.5. The Labute approximate surface area is 123 Å². The van der Waals surface area contributed by atoms with Gasteiger partial charge in [0.15, 0.2) is 0 Å². The molecule has 1 aromatic rings. The van der Waals surface area contributed by atoms with Gasteiger partial charge in [-0.3, -0.25) is 14.9 Å². The monoisotopic (exact) mass is 291 g/mol. The van der Waals surface area contributed by atoms with E-state index in [1.54, 1.807) is 6.92 Å². The van der Waals surface area contributed by atoms with Crippen LogP contribution in [0, 0.1) is 17.0 Å². The standard InChI is InChI=1S/C15H21N3O3/c1-11-9-12(18(20)21)5-6-13(11)14(19)17-10-15(16)7-3-2-4-8-15/h5-6,9H,2-4,7-8,10,16H2,1H3,(H,17,19). The number of nitrogens with zero attached hydrogens (tertiary/aromatic N) is 1. The Balaban J connectivity index is 2.01. The molecular weight excluding hydrogens is 270 g/mol. The third-order valence-electron chi connectivity index (χ3n) is 4.12. The maximum absolute atomic E-state index is 12.2. The van der Waals surface area contributed by atoms with Crippen LogP contribution in [-0.4, -0.2) is 22.9 Å². The van der Waals surface area contributed by atoms with Gasteiger partial charge in [-0.2, -0.15) is 0 Å².